The van der Waals surface area contributed by atoms with Crippen molar-refractivity contribution in [1.82, 2.24) is 4.98 Å². The summed E-state index contributed by atoms with van der Waals surface area (Å²) in [5.74, 6) is 0.425. The molecule has 1 N–H and O–H groups in total. The van der Waals surface area contributed by atoms with E-state index in [1.54, 1.807) is 13.0 Å². The van der Waals surface area contributed by atoms with Crippen LogP contribution in [0.1, 0.15) is 11.3 Å². The highest BCUT2D eigenvalue weighted by molar-refractivity contribution is 5.64. The van der Waals surface area contributed by atoms with Gasteiger partial charge in [0.15, 0.2) is 0 Å². The Kier molecular flexibility index (Phi) is 4.14. The molecule has 0 aliphatic heterocycles. The van der Waals surface area contributed by atoms with Crippen LogP contribution in [0, 0.1) is 17.0 Å². The maximum Gasteiger partial charge on any atom is 0.352 e. The third kappa shape index (κ3) is 3.03. The van der Waals surface area contributed by atoms with E-state index < -0.39 is 4.92 Å². The molecule has 1 aromatic heterocycles. The molecule has 0 spiro atoms. The van der Waals surface area contributed by atoms with Crippen molar-refractivity contribution in [2.75, 3.05) is 12.4 Å². The van der Waals surface area contributed by atoms with E-state index in [2.05, 4.69) is 10.3 Å². The number of hydrogen-bond donors (Lipinski definition) is 1. The first-order valence-corrected chi connectivity index (χ1v) is 6.09. The summed E-state index contributed by atoms with van der Waals surface area (Å²) in [6.45, 7) is 2.22. The van der Waals surface area contributed by atoms with Crippen molar-refractivity contribution < 1.29 is 9.66 Å². The molecule has 0 saturated heterocycles. The molecule has 104 valence electrons. The van der Waals surface area contributed by atoms with Crippen molar-refractivity contribution in [3.8, 4) is 5.75 Å². The number of ether oxygens (including phenoxy) is 1. The van der Waals surface area contributed by atoms with E-state index in [-0.39, 0.29) is 17.3 Å². The molecule has 1 heterocycles. The van der Waals surface area contributed by atoms with Gasteiger partial charge in [-0.1, -0.05) is 30.3 Å². The lowest BCUT2D eigenvalue weighted by atomic mass is 10.2. The van der Waals surface area contributed by atoms with Gasteiger partial charge in [0.2, 0.25) is 11.6 Å². The molecule has 0 radical (unpaired) electrons. The van der Waals surface area contributed by atoms with Gasteiger partial charge < -0.3 is 10.1 Å². The van der Waals surface area contributed by atoms with Crippen molar-refractivity contribution in [3.05, 3.63) is 57.8 Å². The Bertz CT molecular complexity index is 615. The van der Waals surface area contributed by atoms with E-state index in [1.807, 2.05) is 30.3 Å². The van der Waals surface area contributed by atoms with Crippen LogP contribution in [0.4, 0.5) is 11.5 Å². The zero-order chi connectivity index (χ0) is 14.5. The molecule has 0 aliphatic rings. The van der Waals surface area contributed by atoms with E-state index in [0.717, 1.165) is 5.56 Å². The van der Waals surface area contributed by atoms with Crippen LogP contribution in [0.2, 0.25) is 0 Å². The highest BCUT2D eigenvalue weighted by Gasteiger charge is 2.23. The van der Waals surface area contributed by atoms with Crippen molar-refractivity contribution in [2.24, 2.45) is 0 Å². The highest BCUT2D eigenvalue weighted by atomic mass is 16.6. The monoisotopic (exact) mass is 273 g/mol. The lowest BCUT2D eigenvalue weighted by molar-refractivity contribution is -0.385. The van der Waals surface area contributed by atoms with Crippen LogP contribution in [-0.4, -0.2) is 17.0 Å². The fraction of sp³-hybridized carbons (Fsp3) is 0.214. The van der Waals surface area contributed by atoms with Crippen LogP contribution < -0.4 is 10.1 Å². The summed E-state index contributed by atoms with van der Waals surface area (Å²) in [5.41, 5.74) is 1.53. The van der Waals surface area contributed by atoms with E-state index in [0.29, 0.717) is 12.2 Å². The molecule has 6 heteroatoms. The molecule has 1 aromatic carbocycles. The molecule has 6 nitrogen and oxygen atoms in total. The average Bonchev–Trinajstić information content (AvgIpc) is 2.45. The third-order valence-electron chi connectivity index (χ3n) is 2.79. The summed E-state index contributed by atoms with van der Waals surface area (Å²) in [5, 5.41) is 14.2. The Morgan fingerprint density at radius 1 is 1.35 bits per heavy atom. The number of pyridine rings is 1. The Balaban J connectivity index is 2.30. The minimum absolute atomic E-state index is 0.144. The zero-order valence-corrected chi connectivity index (χ0v) is 11.3. The number of aromatic nitrogens is 1. The van der Waals surface area contributed by atoms with Crippen molar-refractivity contribution in [3.63, 3.8) is 0 Å². The van der Waals surface area contributed by atoms with E-state index >= 15 is 0 Å². The average molecular weight is 273 g/mol. The van der Waals surface area contributed by atoms with Crippen molar-refractivity contribution in [2.45, 2.75) is 13.5 Å². The Labute approximate surface area is 116 Å². The Hall–Kier alpha value is -2.63. The topological polar surface area (TPSA) is 77.3 Å². The number of anilines is 1. The first-order valence-electron chi connectivity index (χ1n) is 6.09. The highest BCUT2D eigenvalue weighted by Crippen LogP contribution is 2.34. The van der Waals surface area contributed by atoms with Crippen LogP contribution in [0.5, 0.6) is 5.75 Å². The van der Waals surface area contributed by atoms with Crippen LogP contribution in [-0.2, 0) is 6.54 Å². The summed E-state index contributed by atoms with van der Waals surface area (Å²) < 4.78 is 5.06. The Morgan fingerprint density at radius 2 is 2.05 bits per heavy atom. The van der Waals surface area contributed by atoms with Gasteiger partial charge in [-0.15, -0.1) is 0 Å². The molecule has 0 fully saturated rings. The first kappa shape index (κ1) is 13.8. The minimum atomic E-state index is -0.487. The maximum absolute atomic E-state index is 11.2. The van der Waals surface area contributed by atoms with Gasteiger partial charge in [0.1, 0.15) is 0 Å². The zero-order valence-electron chi connectivity index (χ0n) is 11.3. The first-order chi connectivity index (χ1) is 9.61. The van der Waals surface area contributed by atoms with E-state index in [9.17, 15) is 10.1 Å². The second kappa shape index (κ2) is 6.01. The lowest BCUT2D eigenvalue weighted by Gasteiger charge is -2.10. The maximum atomic E-state index is 11.2. The fourth-order valence-electron chi connectivity index (χ4n) is 1.87. The standard InChI is InChI=1S/C14H15N3O3/c1-10-8-12(20-2)13(17(18)19)14(16-10)15-9-11-6-4-3-5-7-11/h3-8H,9H2,1-2H3,(H,15,16). The lowest BCUT2D eigenvalue weighted by Crippen LogP contribution is -2.07. The number of nitrogens with zero attached hydrogens (tertiary/aromatic N) is 2. The van der Waals surface area contributed by atoms with Crippen LogP contribution in [0.3, 0.4) is 0 Å². The van der Waals surface area contributed by atoms with Gasteiger partial charge in [-0.2, -0.15) is 0 Å². The van der Waals surface area contributed by atoms with Gasteiger partial charge in [-0.3, -0.25) is 10.1 Å². The normalized spacial score (nSPS) is 10.1. The summed E-state index contributed by atoms with van der Waals surface area (Å²) in [6, 6.07) is 11.2. The molecule has 20 heavy (non-hydrogen) atoms. The van der Waals surface area contributed by atoms with Gasteiger partial charge in [-0.25, -0.2) is 4.98 Å². The molecule has 0 unspecified atom stereocenters. The second-order valence-electron chi connectivity index (χ2n) is 4.26. The predicted octanol–water partition coefficient (Wildman–Crippen LogP) is 2.92. The largest absolute Gasteiger partial charge is 0.490 e. The number of rotatable bonds is 5. The molecule has 0 amide bonds. The number of nitrogens with one attached hydrogen (secondary N) is 1. The predicted molar refractivity (Wildman–Crippen MR) is 75.9 cm³/mol. The summed E-state index contributed by atoms with van der Waals surface area (Å²) in [4.78, 5) is 14.9. The molecule has 2 rings (SSSR count). The van der Waals surface area contributed by atoms with Crippen molar-refractivity contribution in [1.29, 1.82) is 0 Å². The molecule has 2 aromatic rings. The summed E-state index contributed by atoms with van der Waals surface area (Å²) in [6.07, 6.45) is 0. The number of benzene rings is 1. The quantitative estimate of drug-likeness (QED) is 0.669. The molecule has 0 atom stereocenters. The molecule has 0 aliphatic carbocycles. The van der Waals surface area contributed by atoms with Gasteiger partial charge in [0.05, 0.1) is 12.0 Å². The molecule has 0 bridgehead atoms. The Morgan fingerprint density at radius 3 is 2.65 bits per heavy atom. The van der Waals surface area contributed by atoms with Crippen molar-refractivity contribution >= 4 is 11.5 Å². The number of hydrogen-bond acceptors (Lipinski definition) is 5. The molecule has 0 saturated carbocycles. The van der Waals surface area contributed by atoms with E-state index in [4.69, 9.17) is 4.74 Å². The van der Waals surface area contributed by atoms with Gasteiger partial charge in [0, 0.05) is 18.3 Å². The molecular formula is C14H15N3O3. The van der Waals surface area contributed by atoms with Gasteiger partial charge in [0.25, 0.3) is 0 Å². The minimum Gasteiger partial charge on any atom is -0.490 e. The summed E-state index contributed by atoms with van der Waals surface area (Å²) >= 11 is 0. The molecular weight excluding hydrogens is 258 g/mol. The van der Waals surface area contributed by atoms with Crippen LogP contribution >= 0.6 is 0 Å². The van der Waals surface area contributed by atoms with Gasteiger partial charge >= 0.3 is 5.69 Å². The van der Waals surface area contributed by atoms with E-state index in [1.165, 1.54) is 7.11 Å². The smallest absolute Gasteiger partial charge is 0.352 e. The number of methoxy groups -OCH3 is 1. The SMILES string of the molecule is COc1cc(C)nc(NCc2ccccc2)c1[N+](=O)[O-]. The number of nitro groups is 1. The van der Waals surface area contributed by atoms with Crippen LogP contribution in [0.15, 0.2) is 36.4 Å². The van der Waals surface area contributed by atoms with Crippen LogP contribution in [0.25, 0.3) is 0 Å². The second-order valence-corrected chi connectivity index (χ2v) is 4.26. The fourth-order valence-corrected chi connectivity index (χ4v) is 1.87. The summed E-state index contributed by atoms with van der Waals surface area (Å²) in [7, 11) is 1.41. The third-order valence-corrected chi connectivity index (χ3v) is 2.79. The number of aryl methyl sites for hydroxylation is 1. The van der Waals surface area contributed by atoms with Gasteiger partial charge in [-0.05, 0) is 12.5 Å².